The molecule has 1 heteroatoms. The van der Waals surface area contributed by atoms with E-state index in [-0.39, 0.29) is 5.41 Å². The minimum absolute atomic E-state index is 0.0290. The third-order valence-electron chi connectivity index (χ3n) is 9.61. The van der Waals surface area contributed by atoms with Crippen LogP contribution >= 0.6 is 0 Å². The van der Waals surface area contributed by atoms with Crippen LogP contribution in [0.15, 0.2) is 182 Å². The summed E-state index contributed by atoms with van der Waals surface area (Å²) in [6.07, 6.45) is 0. The Morgan fingerprint density at radius 2 is 0.939 bits per heavy atom. The highest BCUT2D eigenvalue weighted by Gasteiger charge is 2.24. The third-order valence-corrected chi connectivity index (χ3v) is 9.61. The summed E-state index contributed by atoms with van der Waals surface area (Å²) in [5.41, 5.74) is 11.9. The van der Waals surface area contributed by atoms with Crippen molar-refractivity contribution in [1.82, 2.24) is 0 Å². The van der Waals surface area contributed by atoms with Crippen molar-refractivity contribution in [2.45, 2.75) is 26.2 Å². The molecule has 236 valence electrons. The highest BCUT2D eigenvalue weighted by Crippen LogP contribution is 2.48. The standard InChI is InChI=1S/C48H39N/c1-48(2,3)39-29-31-41(35-17-6-4-7-18-35)46(33-39)49(40-30-28-34-16-10-11-21-38(34)32-40)45-27-13-12-24-43(45)44-26-15-23-37-22-14-25-42(47(37)44)36-19-8-5-9-20-36/h4-33H,1-3H3. The van der Waals surface area contributed by atoms with Gasteiger partial charge >= 0.3 is 0 Å². The van der Waals surface area contributed by atoms with Gasteiger partial charge < -0.3 is 4.90 Å². The average molecular weight is 630 g/mol. The molecule has 0 radical (unpaired) electrons. The van der Waals surface area contributed by atoms with Gasteiger partial charge in [-0.25, -0.2) is 0 Å². The molecule has 8 aromatic rings. The SMILES string of the molecule is CC(C)(C)c1ccc(-c2ccccc2)c(N(c2ccc3ccccc3c2)c2ccccc2-c2cccc3cccc(-c4ccccc4)c23)c1. The highest BCUT2D eigenvalue weighted by atomic mass is 15.1. The monoisotopic (exact) mass is 629 g/mol. The Balaban J connectivity index is 1.46. The lowest BCUT2D eigenvalue weighted by Crippen LogP contribution is -2.16. The molecule has 8 aromatic carbocycles. The molecule has 8 rings (SSSR count). The van der Waals surface area contributed by atoms with E-state index in [0.717, 1.165) is 17.1 Å². The number of rotatable bonds is 6. The summed E-state index contributed by atoms with van der Waals surface area (Å²) in [7, 11) is 0. The number of nitrogens with zero attached hydrogens (tertiary/aromatic N) is 1. The molecule has 1 nitrogen and oxygen atoms in total. The number of hydrogen-bond acceptors (Lipinski definition) is 1. The fraction of sp³-hybridized carbons (Fsp3) is 0.0833. The van der Waals surface area contributed by atoms with Gasteiger partial charge in [0.2, 0.25) is 0 Å². The van der Waals surface area contributed by atoms with Crippen molar-refractivity contribution in [3.8, 4) is 33.4 Å². The van der Waals surface area contributed by atoms with Crippen molar-refractivity contribution in [2.75, 3.05) is 4.90 Å². The lowest BCUT2D eigenvalue weighted by Gasteiger charge is -2.32. The molecule has 0 amide bonds. The predicted octanol–water partition coefficient (Wildman–Crippen LogP) is 13.8. The molecule has 0 aliphatic carbocycles. The lowest BCUT2D eigenvalue weighted by atomic mass is 9.85. The van der Waals surface area contributed by atoms with E-state index < -0.39 is 0 Å². The van der Waals surface area contributed by atoms with Gasteiger partial charge in [0.1, 0.15) is 0 Å². The Labute approximate surface area is 289 Å². The van der Waals surface area contributed by atoms with Crippen molar-refractivity contribution in [1.29, 1.82) is 0 Å². The summed E-state index contributed by atoms with van der Waals surface area (Å²) in [6.45, 7) is 6.89. The second-order valence-corrected chi connectivity index (χ2v) is 13.8. The van der Waals surface area contributed by atoms with Gasteiger partial charge in [0, 0.05) is 16.8 Å². The molecule has 0 aliphatic rings. The van der Waals surface area contributed by atoms with E-state index in [1.165, 1.54) is 60.5 Å². The second kappa shape index (κ2) is 12.6. The minimum atomic E-state index is -0.0290. The van der Waals surface area contributed by atoms with Crippen LogP contribution in [0.1, 0.15) is 26.3 Å². The van der Waals surface area contributed by atoms with Crippen LogP contribution < -0.4 is 4.90 Å². The fourth-order valence-corrected chi connectivity index (χ4v) is 7.09. The maximum absolute atomic E-state index is 2.49. The second-order valence-electron chi connectivity index (χ2n) is 13.8. The lowest BCUT2D eigenvalue weighted by molar-refractivity contribution is 0.590. The molecule has 0 N–H and O–H groups in total. The van der Waals surface area contributed by atoms with Crippen molar-refractivity contribution in [3.63, 3.8) is 0 Å². The topological polar surface area (TPSA) is 3.24 Å². The maximum Gasteiger partial charge on any atom is 0.0543 e. The largest absolute Gasteiger partial charge is 0.309 e. The van der Waals surface area contributed by atoms with Crippen LogP contribution in [0.5, 0.6) is 0 Å². The molecule has 0 heterocycles. The van der Waals surface area contributed by atoms with E-state index in [1.54, 1.807) is 0 Å². The van der Waals surface area contributed by atoms with Gasteiger partial charge in [-0.1, -0.05) is 178 Å². The van der Waals surface area contributed by atoms with E-state index >= 15 is 0 Å². The first-order valence-electron chi connectivity index (χ1n) is 17.1. The summed E-state index contributed by atoms with van der Waals surface area (Å²) >= 11 is 0. The van der Waals surface area contributed by atoms with E-state index in [2.05, 4.69) is 208 Å². The van der Waals surface area contributed by atoms with E-state index in [0.29, 0.717) is 0 Å². The maximum atomic E-state index is 2.49. The molecule has 0 atom stereocenters. The van der Waals surface area contributed by atoms with E-state index in [4.69, 9.17) is 0 Å². The van der Waals surface area contributed by atoms with Gasteiger partial charge in [-0.05, 0) is 79.0 Å². The molecule has 0 saturated carbocycles. The smallest absolute Gasteiger partial charge is 0.0543 e. The highest BCUT2D eigenvalue weighted by molar-refractivity contribution is 6.09. The van der Waals surface area contributed by atoms with Crippen LogP contribution in [0, 0.1) is 0 Å². The molecule has 0 fully saturated rings. The summed E-state index contributed by atoms with van der Waals surface area (Å²) in [5.74, 6) is 0. The zero-order valence-corrected chi connectivity index (χ0v) is 28.3. The molecule has 0 saturated heterocycles. The Bertz CT molecular complexity index is 2410. The molecular formula is C48H39N. The van der Waals surface area contributed by atoms with E-state index in [1.807, 2.05) is 0 Å². The van der Waals surface area contributed by atoms with Crippen molar-refractivity contribution >= 4 is 38.6 Å². The molecule has 0 spiro atoms. The Morgan fingerprint density at radius 1 is 0.367 bits per heavy atom. The van der Waals surface area contributed by atoms with E-state index in [9.17, 15) is 0 Å². The van der Waals surface area contributed by atoms with Crippen LogP contribution in [0.25, 0.3) is 54.9 Å². The first-order valence-corrected chi connectivity index (χ1v) is 17.1. The number of benzene rings is 8. The first kappa shape index (κ1) is 30.4. The first-order chi connectivity index (χ1) is 24.0. The Hall–Kier alpha value is -5.92. The average Bonchev–Trinajstić information content (AvgIpc) is 3.15. The number of hydrogen-bond donors (Lipinski definition) is 0. The minimum Gasteiger partial charge on any atom is -0.309 e. The normalized spacial score (nSPS) is 11.6. The number of anilines is 3. The van der Waals surface area contributed by atoms with Crippen molar-refractivity contribution < 1.29 is 0 Å². The molecular weight excluding hydrogens is 591 g/mol. The third kappa shape index (κ3) is 5.79. The van der Waals surface area contributed by atoms with Gasteiger partial charge in [-0.3, -0.25) is 0 Å². The van der Waals surface area contributed by atoms with Gasteiger partial charge in [0.15, 0.2) is 0 Å². The zero-order chi connectivity index (χ0) is 33.4. The zero-order valence-electron chi connectivity index (χ0n) is 28.3. The quantitative estimate of drug-likeness (QED) is 0.177. The summed E-state index contributed by atoms with van der Waals surface area (Å²) in [4.78, 5) is 2.49. The molecule has 0 unspecified atom stereocenters. The molecule has 0 bridgehead atoms. The van der Waals surface area contributed by atoms with Crippen molar-refractivity contribution in [3.05, 3.63) is 188 Å². The van der Waals surface area contributed by atoms with Crippen LogP contribution in [-0.2, 0) is 5.41 Å². The Morgan fingerprint density at radius 3 is 1.65 bits per heavy atom. The van der Waals surface area contributed by atoms with Crippen LogP contribution in [0.3, 0.4) is 0 Å². The van der Waals surface area contributed by atoms with Gasteiger partial charge in [0.05, 0.1) is 11.4 Å². The summed E-state index contributed by atoms with van der Waals surface area (Å²) in [5, 5.41) is 4.93. The summed E-state index contributed by atoms with van der Waals surface area (Å²) < 4.78 is 0. The van der Waals surface area contributed by atoms with Crippen LogP contribution in [0.4, 0.5) is 17.1 Å². The number of fused-ring (bicyclic) bond motifs is 2. The van der Waals surface area contributed by atoms with Crippen LogP contribution in [0.2, 0.25) is 0 Å². The van der Waals surface area contributed by atoms with Gasteiger partial charge in [-0.15, -0.1) is 0 Å². The van der Waals surface area contributed by atoms with Gasteiger partial charge in [0.25, 0.3) is 0 Å². The summed E-state index contributed by atoms with van der Waals surface area (Å²) in [6, 6.07) is 66.4. The Kier molecular flexibility index (Phi) is 7.82. The predicted molar refractivity (Wildman–Crippen MR) is 211 cm³/mol. The molecule has 49 heavy (non-hydrogen) atoms. The van der Waals surface area contributed by atoms with Crippen LogP contribution in [-0.4, -0.2) is 0 Å². The molecule has 0 aliphatic heterocycles. The number of para-hydroxylation sites is 1. The van der Waals surface area contributed by atoms with Crippen molar-refractivity contribution in [2.24, 2.45) is 0 Å². The van der Waals surface area contributed by atoms with Gasteiger partial charge in [-0.2, -0.15) is 0 Å². The molecule has 0 aromatic heterocycles. The fourth-order valence-electron chi connectivity index (χ4n) is 7.09.